The molecule has 184 valence electrons. The van der Waals surface area contributed by atoms with Gasteiger partial charge in [0.15, 0.2) is 0 Å². The highest BCUT2D eigenvalue weighted by Crippen LogP contribution is 2.43. The van der Waals surface area contributed by atoms with Crippen LogP contribution in [0.3, 0.4) is 0 Å². The first-order chi connectivity index (χ1) is 17.3. The Morgan fingerprint density at radius 1 is 0.667 bits per heavy atom. The van der Waals surface area contributed by atoms with Gasteiger partial charge in [0.25, 0.3) is 0 Å². The van der Waals surface area contributed by atoms with E-state index in [1.807, 2.05) is 42.6 Å². The molecule has 0 saturated carbocycles. The van der Waals surface area contributed by atoms with Crippen LogP contribution < -0.4 is 10.6 Å². The van der Waals surface area contributed by atoms with E-state index >= 15 is 0 Å². The summed E-state index contributed by atoms with van der Waals surface area (Å²) >= 11 is 20.0. The lowest BCUT2D eigenvalue weighted by Gasteiger charge is -2.22. The number of fused-ring (bicyclic) bond motifs is 2. The Kier molecular flexibility index (Phi) is 7.66. The molecule has 2 atom stereocenters. The van der Waals surface area contributed by atoms with Crippen molar-refractivity contribution in [3.63, 3.8) is 0 Å². The number of rotatable bonds is 2. The van der Waals surface area contributed by atoms with Crippen molar-refractivity contribution in [3.8, 4) is 0 Å². The second-order valence-electron chi connectivity index (χ2n) is 8.82. The van der Waals surface area contributed by atoms with E-state index in [0.29, 0.717) is 0 Å². The van der Waals surface area contributed by atoms with Crippen molar-refractivity contribution < 1.29 is 0 Å². The molecule has 0 bridgehead atoms. The Bertz CT molecular complexity index is 1460. The van der Waals surface area contributed by atoms with E-state index < -0.39 is 0 Å². The van der Waals surface area contributed by atoms with Crippen molar-refractivity contribution in [2.75, 3.05) is 0 Å². The molecule has 36 heavy (non-hydrogen) atoms. The smallest absolute Gasteiger partial charge is 0.0976 e. The van der Waals surface area contributed by atoms with Crippen LogP contribution >= 0.6 is 61.8 Å². The molecule has 0 amide bonds. The van der Waals surface area contributed by atoms with E-state index in [4.69, 9.17) is 23.2 Å². The van der Waals surface area contributed by atoms with Crippen LogP contribution in [-0.4, -0.2) is 0 Å². The van der Waals surface area contributed by atoms with Gasteiger partial charge in [-0.25, -0.2) is 0 Å². The van der Waals surface area contributed by atoms with Crippen LogP contribution in [0.1, 0.15) is 41.2 Å². The van der Waals surface area contributed by atoms with Crippen LogP contribution in [0.25, 0.3) is 20.2 Å². The van der Waals surface area contributed by atoms with E-state index in [9.17, 15) is 0 Å². The second kappa shape index (κ2) is 10.8. The van der Waals surface area contributed by atoms with Crippen LogP contribution in [0.4, 0.5) is 0 Å². The van der Waals surface area contributed by atoms with Gasteiger partial charge < -0.3 is 10.6 Å². The number of benzene rings is 2. The van der Waals surface area contributed by atoms with E-state index in [-0.39, 0.29) is 12.1 Å². The van der Waals surface area contributed by atoms with E-state index in [1.54, 1.807) is 11.3 Å². The normalized spacial score (nSPS) is 19.4. The van der Waals surface area contributed by atoms with Gasteiger partial charge in [0.2, 0.25) is 0 Å². The fourth-order valence-electron chi connectivity index (χ4n) is 4.36. The lowest BCUT2D eigenvalue weighted by atomic mass is 10.1. The highest BCUT2D eigenvalue weighted by atomic mass is 79.9. The first kappa shape index (κ1) is 25.6. The molecule has 0 fully saturated rings. The molecule has 2 aromatic carbocycles. The van der Waals surface area contributed by atoms with Gasteiger partial charge in [-0.1, -0.05) is 59.6 Å². The number of aryl methyl sites for hydroxylation is 1. The molecule has 4 heterocycles. The van der Waals surface area contributed by atoms with Gasteiger partial charge in [0, 0.05) is 50.5 Å². The average Bonchev–Trinajstić information content (AvgIpc) is 3.40. The van der Waals surface area contributed by atoms with Crippen molar-refractivity contribution in [1.29, 1.82) is 0 Å². The Morgan fingerprint density at radius 2 is 1.14 bits per heavy atom. The van der Waals surface area contributed by atoms with Gasteiger partial charge in [0.1, 0.15) is 0 Å². The van der Waals surface area contributed by atoms with Crippen molar-refractivity contribution in [3.05, 3.63) is 114 Å². The Balaban J connectivity index is 0.000000148. The quantitative estimate of drug-likeness (QED) is 0.234. The molecule has 4 aromatic rings. The number of allylic oxidation sites excluding steroid dienone is 6. The summed E-state index contributed by atoms with van der Waals surface area (Å²) in [5.41, 5.74) is 3.62. The standard InChI is InChI=1S/C15H14ClNS.C14H11BrClNS/c1-9-7-8-12(16)14(17-9)15-10(2)11-5-3-4-6-13(11)18-15;1-8-6-7-10(16)13(17-8)14-12(15)9-4-2-3-5-11(9)18-14/h3-8,14,17H,1-2H3;2-7,13,17H,1H3. The van der Waals surface area contributed by atoms with Gasteiger partial charge in [-0.2, -0.15) is 0 Å². The largest absolute Gasteiger partial charge is 0.376 e. The molecule has 0 aliphatic carbocycles. The molecule has 2 aliphatic heterocycles. The van der Waals surface area contributed by atoms with Crippen LogP contribution in [-0.2, 0) is 0 Å². The minimum absolute atomic E-state index is 0.0587. The van der Waals surface area contributed by atoms with Crippen molar-refractivity contribution in [1.82, 2.24) is 10.6 Å². The maximum Gasteiger partial charge on any atom is 0.0976 e. The van der Waals surface area contributed by atoms with Crippen LogP contribution in [0, 0.1) is 6.92 Å². The van der Waals surface area contributed by atoms with E-state index in [0.717, 1.165) is 25.9 Å². The molecular formula is C29H25BrCl2N2S2. The monoisotopic (exact) mass is 614 g/mol. The Hall–Kier alpha value is -2.02. The van der Waals surface area contributed by atoms with Gasteiger partial charge >= 0.3 is 0 Å². The van der Waals surface area contributed by atoms with Crippen molar-refractivity contribution in [2.45, 2.75) is 32.9 Å². The summed E-state index contributed by atoms with van der Waals surface area (Å²) in [5.74, 6) is 0. The maximum absolute atomic E-state index is 6.34. The van der Waals surface area contributed by atoms with Crippen molar-refractivity contribution >= 4 is 82.0 Å². The number of halogens is 3. The van der Waals surface area contributed by atoms with Crippen LogP contribution in [0.5, 0.6) is 0 Å². The minimum atomic E-state index is 0.0587. The fourth-order valence-corrected chi connectivity index (χ4v) is 8.34. The summed E-state index contributed by atoms with van der Waals surface area (Å²) < 4.78 is 3.74. The Labute approximate surface area is 238 Å². The third-order valence-corrected chi connectivity index (χ3v) is 10.6. The summed E-state index contributed by atoms with van der Waals surface area (Å²) in [6.07, 6.45) is 7.97. The van der Waals surface area contributed by atoms with Gasteiger partial charge in [0.05, 0.1) is 12.1 Å². The maximum atomic E-state index is 6.34. The number of hydrogen-bond acceptors (Lipinski definition) is 4. The van der Waals surface area contributed by atoms with Crippen LogP contribution in [0.2, 0.25) is 0 Å². The first-order valence-corrected chi connectivity index (χ1v) is 14.8. The summed E-state index contributed by atoms with van der Waals surface area (Å²) in [5, 5.41) is 11.1. The summed E-state index contributed by atoms with van der Waals surface area (Å²) in [4.78, 5) is 2.54. The summed E-state index contributed by atoms with van der Waals surface area (Å²) in [7, 11) is 0. The predicted octanol–water partition coefficient (Wildman–Crippen LogP) is 10.2. The Morgan fingerprint density at radius 3 is 1.69 bits per heavy atom. The van der Waals surface area contributed by atoms with Gasteiger partial charge in [-0.15, -0.1) is 22.7 Å². The summed E-state index contributed by atoms with van der Waals surface area (Å²) in [6, 6.07) is 17.1. The lowest BCUT2D eigenvalue weighted by molar-refractivity contribution is 0.702. The zero-order valence-corrected chi connectivity index (χ0v) is 24.8. The fraction of sp³-hybridized carbons (Fsp3) is 0.172. The molecule has 2 nitrogen and oxygen atoms in total. The molecule has 2 aromatic heterocycles. The molecule has 0 saturated heterocycles. The molecule has 2 aliphatic rings. The average molecular weight is 616 g/mol. The van der Waals surface area contributed by atoms with E-state index in [2.05, 4.69) is 88.9 Å². The second-order valence-corrected chi connectivity index (χ2v) is 12.7. The first-order valence-electron chi connectivity index (χ1n) is 11.6. The zero-order chi connectivity index (χ0) is 25.4. The van der Waals surface area contributed by atoms with E-state index in [1.165, 1.54) is 35.5 Å². The molecular weight excluding hydrogens is 591 g/mol. The molecule has 6 rings (SSSR count). The van der Waals surface area contributed by atoms with Crippen LogP contribution in [0.15, 0.2) is 98.8 Å². The van der Waals surface area contributed by atoms with Gasteiger partial charge in [-0.3, -0.25) is 0 Å². The highest BCUT2D eigenvalue weighted by molar-refractivity contribution is 9.10. The topological polar surface area (TPSA) is 24.1 Å². The molecule has 2 N–H and O–H groups in total. The zero-order valence-electron chi connectivity index (χ0n) is 20.0. The molecule has 2 unspecified atom stereocenters. The van der Waals surface area contributed by atoms with Gasteiger partial charge in [-0.05, 0) is 84.1 Å². The predicted molar refractivity (Wildman–Crippen MR) is 163 cm³/mol. The summed E-state index contributed by atoms with van der Waals surface area (Å²) in [6.45, 7) is 6.29. The minimum Gasteiger partial charge on any atom is -0.376 e. The third kappa shape index (κ3) is 5.05. The number of nitrogens with one attached hydrogen (secondary N) is 2. The molecule has 7 heteroatoms. The number of hydrogen-bond donors (Lipinski definition) is 2. The number of dihydropyridines is 2. The van der Waals surface area contributed by atoms with Crippen molar-refractivity contribution in [2.24, 2.45) is 0 Å². The molecule has 0 radical (unpaired) electrons. The number of thiophene rings is 2. The molecule has 0 spiro atoms. The lowest BCUT2D eigenvalue weighted by Crippen LogP contribution is -2.21. The highest BCUT2D eigenvalue weighted by Gasteiger charge is 2.24. The third-order valence-electron chi connectivity index (χ3n) is 6.25. The SMILES string of the molecule is CC1=CC=C(Cl)C(c2sc3ccccc3c2Br)N1.CC1=CC=C(Cl)C(c2sc3ccccc3c2C)N1.